The van der Waals surface area contributed by atoms with E-state index in [2.05, 4.69) is 0 Å². The maximum absolute atomic E-state index is 13.5. The molecule has 1 aliphatic carbocycles. The van der Waals surface area contributed by atoms with Crippen LogP contribution in [-0.4, -0.2) is 68.1 Å². The molecule has 0 aromatic carbocycles. The Kier molecular flexibility index (Phi) is 10.8. The van der Waals surface area contributed by atoms with Crippen LogP contribution in [-0.2, 0) is 23.9 Å². The van der Waals surface area contributed by atoms with Crippen LogP contribution in [0.25, 0.3) is 0 Å². The van der Waals surface area contributed by atoms with Crippen LogP contribution in [0.4, 0.5) is 0 Å². The SMILES string of the molecule is CC=CC=CC=CC1=CC2=C(Cl)C(=O)C(C)(OC(=O)CC(O)CC(C)O)C(=O)C2=CN1CCCC(=O)O. The number of aliphatic hydroxyl groups excluding tert-OH is 2. The van der Waals surface area contributed by atoms with Gasteiger partial charge in [0.1, 0.15) is 0 Å². The van der Waals surface area contributed by atoms with Crippen molar-refractivity contribution in [3.63, 3.8) is 0 Å². The van der Waals surface area contributed by atoms with Crippen molar-refractivity contribution in [1.29, 1.82) is 0 Å². The molecular weight excluding hydrogens is 502 g/mol. The van der Waals surface area contributed by atoms with Gasteiger partial charge in [-0.3, -0.25) is 19.2 Å². The summed E-state index contributed by atoms with van der Waals surface area (Å²) in [5.74, 6) is -3.63. The van der Waals surface area contributed by atoms with Crippen LogP contribution in [0.15, 0.2) is 70.6 Å². The highest BCUT2D eigenvalue weighted by Gasteiger charge is 2.52. The highest BCUT2D eigenvalue weighted by atomic mass is 35.5. The van der Waals surface area contributed by atoms with Crippen molar-refractivity contribution < 1.29 is 39.2 Å². The van der Waals surface area contributed by atoms with Crippen LogP contribution >= 0.6 is 11.6 Å². The Morgan fingerprint density at radius 2 is 1.84 bits per heavy atom. The normalized spacial score (nSPS) is 21.9. The molecule has 0 fully saturated rings. The molecule has 0 saturated heterocycles. The van der Waals surface area contributed by atoms with Gasteiger partial charge < -0.3 is 25.0 Å². The zero-order chi connectivity index (χ0) is 27.8. The number of allylic oxidation sites excluding steroid dienone is 8. The van der Waals surface area contributed by atoms with Gasteiger partial charge in [0.2, 0.25) is 17.2 Å². The number of esters is 1. The number of aliphatic carboxylic acids is 1. The molecule has 2 aliphatic rings. The van der Waals surface area contributed by atoms with Crippen molar-refractivity contribution >= 4 is 35.1 Å². The lowest BCUT2D eigenvalue weighted by molar-refractivity contribution is -0.170. The second-order valence-electron chi connectivity index (χ2n) is 8.91. The second kappa shape index (κ2) is 13.3. The smallest absolute Gasteiger partial charge is 0.309 e. The van der Waals surface area contributed by atoms with E-state index in [4.69, 9.17) is 21.4 Å². The lowest BCUT2D eigenvalue weighted by Gasteiger charge is -2.36. The van der Waals surface area contributed by atoms with E-state index in [-0.39, 0.29) is 42.0 Å². The van der Waals surface area contributed by atoms with E-state index in [9.17, 15) is 29.4 Å². The minimum Gasteiger partial charge on any atom is -0.481 e. The molecule has 3 unspecified atom stereocenters. The van der Waals surface area contributed by atoms with Gasteiger partial charge in [0.25, 0.3) is 0 Å². The topological polar surface area (TPSA) is 141 Å². The lowest BCUT2D eigenvalue weighted by Crippen LogP contribution is -2.52. The predicted molar refractivity (Wildman–Crippen MR) is 137 cm³/mol. The van der Waals surface area contributed by atoms with E-state index in [1.807, 2.05) is 25.2 Å². The van der Waals surface area contributed by atoms with Crippen molar-refractivity contribution in [3.05, 3.63) is 70.6 Å². The Labute approximate surface area is 220 Å². The Hall–Kier alpha value is -3.27. The van der Waals surface area contributed by atoms with E-state index in [0.717, 1.165) is 6.92 Å². The van der Waals surface area contributed by atoms with Crippen molar-refractivity contribution in [2.24, 2.45) is 0 Å². The molecule has 3 N–H and O–H groups in total. The maximum Gasteiger partial charge on any atom is 0.309 e. The minimum atomic E-state index is -2.24. The first-order valence-electron chi connectivity index (χ1n) is 11.9. The van der Waals surface area contributed by atoms with Crippen LogP contribution in [0.5, 0.6) is 0 Å². The van der Waals surface area contributed by atoms with Gasteiger partial charge in [0.15, 0.2) is 0 Å². The van der Waals surface area contributed by atoms with Crippen molar-refractivity contribution in [1.82, 2.24) is 4.90 Å². The number of nitrogens with zero attached hydrogens (tertiary/aromatic N) is 1. The summed E-state index contributed by atoms with van der Waals surface area (Å²) in [6.45, 7) is 4.74. The van der Waals surface area contributed by atoms with Crippen LogP contribution in [0.2, 0.25) is 0 Å². The molecule has 0 amide bonds. The van der Waals surface area contributed by atoms with E-state index < -0.39 is 47.7 Å². The molecule has 1 aliphatic heterocycles. The monoisotopic (exact) mass is 533 g/mol. The second-order valence-corrected chi connectivity index (χ2v) is 9.29. The first-order valence-corrected chi connectivity index (χ1v) is 12.2. The fraction of sp³-hybridized carbons (Fsp3) is 0.407. The third kappa shape index (κ3) is 7.85. The van der Waals surface area contributed by atoms with Gasteiger partial charge in [0, 0.05) is 36.0 Å². The largest absolute Gasteiger partial charge is 0.481 e. The zero-order valence-electron chi connectivity index (χ0n) is 21.0. The van der Waals surface area contributed by atoms with Gasteiger partial charge in [-0.2, -0.15) is 0 Å². The molecule has 10 heteroatoms. The van der Waals surface area contributed by atoms with Gasteiger partial charge in [-0.25, -0.2) is 0 Å². The number of fused-ring (bicyclic) bond motifs is 1. The van der Waals surface area contributed by atoms with Gasteiger partial charge in [-0.05, 0) is 45.8 Å². The van der Waals surface area contributed by atoms with Crippen LogP contribution < -0.4 is 0 Å². The number of ketones is 2. The summed E-state index contributed by atoms with van der Waals surface area (Å²) in [4.78, 5) is 51.7. The summed E-state index contributed by atoms with van der Waals surface area (Å²) >= 11 is 6.39. The van der Waals surface area contributed by atoms with Crippen molar-refractivity contribution in [3.8, 4) is 0 Å². The highest BCUT2D eigenvalue weighted by Crippen LogP contribution is 2.39. The van der Waals surface area contributed by atoms with Gasteiger partial charge >= 0.3 is 11.9 Å². The molecule has 0 saturated carbocycles. The summed E-state index contributed by atoms with van der Waals surface area (Å²) in [6, 6.07) is 0. The number of Topliss-reactive ketones (excluding diaryl/α,β-unsaturated/α-hetero) is 2. The first-order chi connectivity index (χ1) is 17.4. The molecule has 0 aromatic heterocycles. The number of halogens is 1. The quantitative estimate of drug-likeness (QED) is 0.196. The Morgan fingerprint density at radius 1 is 1.16 bits per heavy atom. The van der Waals surface area contributed by atoms with Gasteiger partial charge in [0.05, 0.1) is 23.7 Å². The number of ether oxygens (including phenoxy) is 1. The van der Waals surface area contributed by atoms with Gasteiger partial charge in [-0.1, -0.05) is 42.0 Å². The summed E-state index contributed by atoms with van der Waals surface area (Å²) in [6.07, 6.45) is 11.3. The lowest BCUT2D eigenvalue weighted by atomic mass is 9.79. The summed E-state index contributed by atoms with van der Waals surface area (Å²) in [7, 11) is 0. The molecule has 3 atom stereocenters. The molecule has 0 bridgehead atoms. The third-order valence-corrected chi connectivity index (χ3v) is 6.04. The molecule has 1 heterocycles. The van der Waals surface area contributed by atoms with Crippen LogP contribution in [0.3, 0.4) is 0 Å². The third-order valence-electron chi connectivity index (χ3n) is 5.66. The number of hydrogen-bond acceptors (Lipinski definition) is 8. The molecule has 2 rings (SSSR count). The molecule has 9 nitrogen and oxygen atoms in total. The van der Waals surface area contributed by atoms with Crippen molar-refractivity contribution in [2.75, 3.05) is 6.54 Å². The molecule has 0 aromatic rings. The predicted octanol–water partition coefficient (Wildman–Crippen LogP) is 3.09. The van der Waals surface area contributed by atoms with Crippen molar-refractivity contribution in [2.45, 2.75) is 64.3 Å². The zero-order valence-corrected chi connectivity index (χ0v) is 21.8. The first kappa shape index (κ1) is 30.0. The molecule has 200 valence electrons. The summed E-state index contributed by atoms with van der Waals surface area (Å²) < 4.78 is 5.27. The Bertz CT molecular complexity index is 1110. The summed E-state index contributed by atoms with van der Waals surface area (Å²) in [5.41, 5.74) is -1.45. The molecule has 37 heavy (non-hydrogen) atoms. The fourth-order valence-corrected chi connectivity index (χ4v) is 4.16. The van der Waals surface area contributed by atoms with Crippen LogP contribution in [0, 0.1) is 0 Å². The Balaban J connectivity index is 2.41. The standard InChI is InChI=1S/C27H32ClNO8/c1-4-5-6-7-8-10-18-14-20-21(16-29(18)12-9-11-22(32)33)25(35)27(3,26(36)24(20)28)37-23(34)15-19(31)13-17(2)30/h4-8,10,14,16-17,19,30-31H,9,11-13,15H2,1-3H3,(H,32,33). The highest BCUT2D eigenvalue weighted by molar-refractivity contribution is 6.49. The molecular formula is C27H32ClNO8. The van der Waals surface area contributed by atoms with Gasteiger partial charge in [-0.15, -0.1) is 0 Å². The number of aliphatic hydroxyl groups is 2. The van der Waals surface area contributed by atoms with E-state index >= 15 is 0 Å². The number of hydrogen-bond donors (Lipinski definition) is 3. The number of carboxylic acid groups (broad SMARTS) is 1. The number of rotatable bonds is 12. The minimum absolute atomic E-state index is 0.0429. The molecule has 0 radical (unpaired) electrons. The van der Waals surface area contributed by atoms with E-state index in [1.165, 1.54) is 13.1 Å². The maximum atomic E-state index is 13.5. The van der Waals surface area contributed by atoms with E-state index in [1.54, 1.807) is 29.2 Å². The number of carbonyl (C=O) groups excluding carboxylic acids is 3. The van der Waals surface area contributed by atoms with E-state index in [0.29, 0.717) is 5.70 Å². The van der Waals surface area contributed by atoms with Crippen LogP contribution in [0.1, 0.15) is 46.5 Å². The number of carbonyl (C=O) groups is 4. The Morgan fingerprint density at radius 3 is 2.46 bits per heavy atom. The average Bonchev–Trinajstić information content (AvgIpc) is 2.81. The number of carboxylic acids is 1. The average molecular weight is 534 g/mol. The fourth-order valence-electron chi connectivity index (χ4n) is 3.83. The summed E-state index contributed by atoms with van der Waals surface area (Å²) in [5, 5.41) is 28.0. The molecule has 0 spiro atoms.